The number of likely N-dealkylation sites (tertiary alicyclic amines) is 1. The molecular formula is C27H26ClN5O2. The van der Waals surface area contributed by atoms with Crippen LogP contribution in [-0.4, -0.2) is 62.4 Å². The number of carbonyl (C=O) groups is 2. The maximum Gasteiger partial charge on any atom is 0.256 e. The van der Waals surface area contributed by atoms with Crippen LogP contribution in [0.15, 0.2) is 47.6 Å². The predicted octanol–water partition coefficient (Wildman–Crippen LogP) is 3.88. The largest absolute Gasteiger partial charge is 0.342 e. The molecule has 7 rings (SSSR count). The summed E-state index contributed by atoms with van der Waals surface area (Å²) in [7, 11) is 1.93. The summed E-state index contributed by atoms with van der Waals surface area (Å²) in [4.78, 5) is 34.3. The molecule has 0 atom stereocenters. The normalized spacial score (nSPS) is 21.1. The quantitative estimate of drug-likeness (QED) is 0.548. The summed E-state index contributed by atoms with van der Waals surface area (Å²) >= 11 is 6.78. The summed E-state index contributed by atoms with van der Waals surface area (Å²) in [5.41, 5.74) is 3.32. The standard InChI is InChI=1S/C27H26ClN5O2/c1-31-23-7-5-18(10-20(23)12-29-31)21-6-4-19(11-22(21)28)24-30-27(8-9-27)26(35)33(24)15-16-13-32(14-16)25(34)17-2-3-17/h4-7,10-12,16-17H,2-3,8-9,13-15H2,1H3. The minimum Gasteiger partial charge on any atom is -0.342 e. The minimum atomic E-state index is -0.570. The third-order valence-electron chi connectivity index (χ3n) is 7.86. The average molecular weight is 488 g/mol. The van der Waals surface area contributed by atoms with Crippen molar-refractivity contribution in [3.05, 3.63) is 53.2 Å². The first-order valence-corrected chi connectivity index (χ1v) is 12.7. The zero-order valence-corrected chi connectivity index (χ0v) is 20.3. The van der Waals surface area contributed by atoms with Crippen molar-refractivity contribution in [2.75, 3.05) is 19.6 Å². The highest BCUT2D eigenvalue weighted by Crippen LogP contribution is 2.46. The molecule has 0 bridgehead atoms. The SMILES string of the molecule is Cn1ncc2cc(-c3ccc(C4=NC5(CC5)C(=O)N4CC4CN(C(=O)C5CC5)C4)cc3Cl)ccc21. The fraction of sp³-hybridized carbons (Fsp3) is 0.407. The van der Waals surface area contributed by atoms with Gasteiger partial charge >= 0.3 is 0 Å². The van der Waals surface area contributed by atoms with E-state index in [2.05, 4.69) is 23.3 Å². The lowest BCUT2D eigenvalue weighted by Gasteiger charge is -2.41. The zero-order chi connectivity index (χ0) is 23.9. The Balaban J connectivity index is 1.14. The Morgan fingerprint density at radius 2 is 1.89 bits per heavy atom. The molecule has 7 nitrogen and oxygen atoms in total. The maximum atomic E-state index is 13.3. The molecule has 0 radical (unpaired) electrons. The third-order valence-corrected chi connectivity index (χ3v) is 8.18. The van der Waals surface area contributed by atoms with Gasteiger partial charge in [0.2, 0.25) is 5.91 Å². The summed E-state index contributed by atoms with van der Waals surface area (Å²) in [6.45, 7) is 2.07. The van der Waals surface area contributed by atoms with Crippen LogP contribution in [0.3, 0.4) is 0 Å². The second-order valence-corrected chi connectivity index (χ2v) is 10.9. The van der Waals surface area contributed by atoms with Gasteiger partial charge in [0.15, 0.2) is 0 Å². The third kappa shape index (κ3) is 3.39. The Bertz CT molecular complexity index is 1430. The Labute approximate surface area is 208 Å². The molecule has 178 valence electrons. The van der Waals surface area contributed by atoms with Gasteiger partial charge in [-0.2, -0.15) is 5.10 Å². The second kappa shape index (κ2) is 7.40. The Kier molecular flexibility index (Phi) is 4.47. The van der Waals surface area contributed by atoms with Crippen LogP contribution >= 0.6 is 11.6 Å². The van der Waals surface area contributed by atoms with Crippen LogP contribution in [0.2, 0.25) is 5.02 Å². The van der Waals surface area contributed by atoms with Crippen molar-refractivity contribution in [2.45, 2.75) is 31.2 Å². The van der Waals surface area contributed by atoms with Gasteiger partial charge in [-0.25, -0.2) is 0 Å². The second-order valence-electron chi connectivity index (χ2n) is 10.5. The van der Waals surface area contributed by atoms with E-state index in [4.69, 9.17) is 16.6 Å². The summed E-state index contributed by atoms with van der Waals surface area (Å²) < 4.78 is 1.85. The molecule has 35 heavy (non-hydrogen) atoms. The van der Waals surface area contributed by atoms with Gasteiger partial charge in [0.1, 0.15) is 11.4 Å². The fourth-order valence-corrected chi connectivity index (χ4v) is 5.71. The number of halogens is 1. The molecule has 3 heterocycles. The van der Waals surface area contributed by atoms with E-state index < -0.39 is 5.54 Å². The van der Waals surface area contributed by atoms with E-state index in [1.807, 2.05) is 45.9 Å². The molecule has 1 saturated heterocycles. The van der Waals surface area contributed by atoms with Gasteiger partial charge in [0.05, 0.1) is 11.7 Å². The predicted molar refractivity (Wildman–Crippen MR) is 134 cm³/mol. The van der Waals surface area contributed by atoms with E-state index >= 15 is 0 Å². The number of benzene rings is 2. The van der Waals surface area contributed by atoms with Gasteiger partial charge in [0.25, 0.3) is 5.91 Å². The summed E-state index contributed by atoms with van der Waals surface area (Å²) in [5, 5.41) is 6.01. The molecule has 4 aliphatic rings. The highest BCUT2D eigenvalue weighted by Gasteiger charge is 2.58. The Hall–Kier alpha value is -3.19. The Morgan fingerprint density at radius 1 is 1.11 bits per heavy atom. The number of aryl methyl sites for hydroxylation is 1. The number of aromatic nitrogens is 2. The highest BCUT2D eigenvalue weighted by atomic mass is 35.5. The molecule has 8 heteroatoms. The number of hydrogen-bond donors (Lipinski definition) is 0. The number of amidine groups is 1. The van der Waals surface area contributed by atoms with E-state index in [-0.39, 0.29) is 17.7 Å². The first kappa shape index (κ1) is 21.1. The average Bonchev–Trinajstić information content (AvgIpc) is 3.74. The summed E-state index contributed by atoms with van der Waals surface area (Å²) in [6, 6.07) is 12.1. The van der Waals surface area contributed by atoms with E-state index in [0.717, 1.165) is 72.2 Å². The van der Waals surface area contributed by atoms with Gasteiger partial charge in [0, 0.05) is 60.1 Å². The van der Waals surface area contributed by atoms with Crippen molar-refractivity contribution in [3.8, 4) is 11.1 Å². The van der Waals surface area contributed by atoms with E-state index in [1.54, 1.807) is 0 Å². The Morgan fingerprint density at radius 3 is 2.60 bits per heavy atom. The van der Waals surface area contributed by atoms with Crippen molar-refractivity contribution in [1.82, 2.24) is 19.6 Å². The number of carbonyl (C=O) groups excluding carboxylic acids is 2. The van der Waals surface area contributed by atoms with Crippen LogP contribution in [0, 0.1) is 11.8 Å². The van der Waals surface area contributed by atoms with Gasteiger partial charge in [-0.05, 0) is 49.4 Å². The number of rotatable bonds is 5. The van der Waals surface area contributed by atoms with Crippen molar-refractivity contribution >= 4 is 40.2 Å². The molecule has 2 amide bonds. The first-order chi connectivity index (χ1) is 16.9. The van der Waals surface area contributed by atoms with Crippen LogP contribution < -0.4 is 0 Å². The van der Waals surface area contributed by atoms with E-state index in [0.29, 0.717) is 17.5 Å². The van der Waals surface area contributed by atoms with E-state index in [9.17, 15) is 9.59 Å². The lowest BCUT2D eigenvalue weighted by molar-refractivity contribution is -0.139. The lowest BCUT2D eigenvalue weighted by atomic mass is 9.97. The molecule has 0 unspecified atom stereocenters. The minimum absolute atomic E-state index is 0.0988. The zero-order valence-electron chi connectivity index (χ0n) is 19.6. The van der Waals surface area contributed by atoms with E-state index in [1.165, 1.54) is 0 Å². The number of hydrogen-bond acceptors (Lipinski definition) is 4. The van der Waals surface area contributed by atoms with Crippen LogP contribution in [0.5, 0.6) is 0 Å². The lowest BCUT2D eigenvalue weighted by Crippen LogP contribution is -2.55. The number of fused-ring (bicyclic) bond motifs is 1. The molecule has 3 fully saturated rings. The van der Waals surface area contributed by atoms with Crippen LogP contribution in [0.25, 0.3) is 22.0 Å². The summed E-state index contributed by atoms with van der Waals surface area (Å²) in [5.74, 6) is 1.64. The van der Waals surface area contributed by atoms with Gasteiger partial charge in [-0.15, -0.1) is 0 Å². The van der Waals surface area contributed by atoms with Crippen molar-refractivity contribution in [1.29, 1.82) is 0 Å². The van der Waals surface area contributed by atoms with Crippen LogP contribution in [0.4, 0.5) is 0 Å². The molecule has 1 spiro atoms. The summed E-state index contributed by atoms with van der Waals surface area (Å²) in [6.07, 6.45) is 5.51. The molecule has 1 aromatic heterocycles. The smallest absolute Gasteiger partial charge is 0.256 e. The molecule has 0 N–H and O–H groups in total. The van der Waals surface area contributed by atoms with Gasteiger partial charge < -0.3 is 4.90 Å². The van der Waals surface area contributed by atoms with Crippen molar-refractivity contribution < 1.29 is 9.59 Å². The molecular weight excluding hydrogens is 462 g/mol. The first-order valence-electron chi connectivity index (χ1n) is 12.3. The molecule has 3 aromatic rings. The number of amides is 2. The van der Waals surface area contributed by atoms with Crippen molar-refractivity contribution in [2.24, 2.45) is 23.9 Å². The molecule has 2 aliphatic heterocycles. The van der Waals surface area contributed by atoms with Crippen molar-refractivity contribution in [3.63, 3.8) is 0 Å². The number of nitrogens with zero attached hydrogens (tertiary/aromatic N) is 5. The monoisotopic (exact) mass is 487 g/mol. The van der Waals surface area contributed by atoms with Crippen LogP contribution in [0.1, 0.15) is 31.2 Å². The van der Waals surface area contributed by atoms with Gasteiger partial charge in [-0.3, -0.25) is 24.2 Å². The molecule has 2 aliphatic carbocycles. The molecule has 2 aromatic carbocycles. The fourth-order valence-electron chi connectivity index (χ4n) is 5.42. The highest BCUT2D eigenvalue weighted by molar-refractivity contribution is 6.34. The maximum absolute atomic E-state index is 13.3. The molecule has 2 saturated carbocycles. The topological polar surface area (TPSA) is 70.8 Å². The van der Waals surface area contributed by atoms with Crippen LogP contribution in [-0.2, 0) is 16.6 Å². The van der Waals surface area contributed by atoms with Gasteiger partial charge in [-0.1, -0.05) is 29.8 Å². The number of aliphatic imine (C=N–C) groups is 1.